The van der Waals surface area contributed by atoms with E-state index in [4.69, 9.17) is 9.72 Å². The number of piperidine rings is 2. The van der Waals surface area contributed by atoms with E-state index >= 15 is 0 Å². The van der Waals surface area contributed by atoms with Gasteiger partial charge in [-0.05, 0) is 80.3 Å². The van der Waals surface area contributed by atoms with Gasteiger partial charge >= 0.3 is 5.97 Å². The summed E-state index contributed by atoms with van der Waals surface area (Å²) in [5.41, 5.74) is 5.80. The molecule has 2 aromatic carbocycles. The lowest BCUT2D eigenvalue weighted by Crippen LogP contribution is -2.35. The third-order valence-corrected chi connectivity index (χ3v) is 9.17. The minimum Gasteiger partial charge on any atom is -0.488 e. The number of fused-ring (bicyclic) bond motifs is 1. The molecular weight excluding hydrogens is 498 g/mol. The maximum atomic E-state index is 12.9. The second-order valence-electron chi connectivity index (χ2n) is 10.9. The highest BCUT2D eigenvalue weighted by Gasteiger charge is 2.60. The van der Waals surface area contributed by atoms with Crippen LogP contribution in [0, 0.1) is 31.6 Å². The Hall–Kier alpha value is -3.39. The van der Waals surface area contributed by atoms with E-state index in [1.54, 1.807) is 11.3 Å². The van der Waals surface area contributed by atoms with E-state index in [9.17, 15) is 14.7 Å². The number of benzene rings is 2. The molecule has 1 amide bonds. The number of carboxylic acid groups (broad SMARTS) is 1. The van der Waals surface area contributed by atoms with E-state index in [1.807, 2.05) is 42.2 Å². The Morgan fingerprint density at radius 1 is 1.05 bits per heavy atom. The van der Waals surface area contributed by atoms with Crippen LogP contribution < -0.4 is 9.64 Å². The number of carboxylic acids is 1. The van der Waals surface area contributed by atoms with Gasteiger partial charge in [0.15, 0.2) is 5.13 Å². The van der Waals surface area contributed by atoms with Crippen LogP contribution in [0.1, 0.15) is 46.3 Å². The number of amides is 1. The van der Waals surface area contributed by atoms with Gasteiger partial charge in [-0.25, -0.2) is 4.98 Å². The van der Waals surface area contributed by atoms with Crippen LogP contribution in [0.3, 0.4) is 0 Å². The molecule has 7 nitrogen and oxygen atoms in total. The van der Waals surface area contributed by atoms with Crippen molar-refractivity contribution in [1.82, 2.24) is 9.88 Å². The minimum absolute atomic E-state index is 0.120. The molecule has 3 atom stereocenters. The van der Waals surface area contributed by atoms with Crippen molar-refractivity contribution in [2.24, 2.45) is 17.8 Å². The smallest absolute Gasteiger partial charge is 0.307 e. The maximum Gasteiger partial charge on any atom is 0.307 e. The molecule has 0 radical (unpaired) electrons. The van der Waals surface area contributed by atoms with Crippen molar-refractivity contribution in [1.29, 1.82) is 0 Å². The number of hydrogen-bond donors (Lipinski definition) is 1. The molecule has 3 aromatic rings. The van der Waals surface area contributed by atoms with Crippen molar-refractivity contribution in [2.45, 2.75) is 39.7 Å². The van der Waals surface area contributed by atoms with Gasteiger partial charge in [0.05, 0.1) is 11.6 Å². The fourth-order valence-corrected chi connectivity index (χ4v) is 6.82. The zero-order valence-corrected chi connectivity index (χ0v) is 22.7. The number of thiazole rings is 1. The first-order chi connectivity index (χ1) is 18.4. The summed E-state index contributed by atoms with van der Waals surface area (Å²) >= 11 is 1.60. The van der Waals surface area contributed by atoms with Gasteiger partial charge in [-0.15, -0.1) is 11.3 Å². The molecule has 3 fully saturated rings. The Balaban J connectivity index is 1.15. The number of aromatic nitrogens is 1. The molecule has 38 heavy (non-hydrogen) atoms. The molecule has 1 N–H and O–H groups in total. The zero-order chi connectivity index (χ0) is 26.4. The molecule has 0 bridgehead atoms. The highest BCUT2D eigenvalue weighted by atomic mass is 32.1. The average molecular weight is 532 g/mol. The molecule has 0 spiro atoms. The summed E-state index contributed by atoms with van der Waals surface area (Å²) in [5, 5.41) is 12.3. The molecule has 1 aliphatic carbocycles. The van der Waals surface area contributed by atoms with E-state index in [1.165, 1.54) is 6.42 Å². The first-order valence-electron chi connectivity index (χ1n) is 13.4. The van der Waals surface area contributed by atoms with Crippen molar-refractivity contribution in [3.63, 3.8) is 0 Å². The molecule has 6 rings (SSSR count). The maximum absolute atomic E-state index is 12.9. The van der Waals surface area contributed by atoms with Crippen LogP contribution in [-0.4, -0.2) is 53.0 Å². The van der Waals surface area contributed by atoms with Crippen LogP contribution in [-0.2, 0) is 11.4 Å². The van der Waals surface area contributed by atoms with Gasteiger partial charge in [0, 0.05) is 42.7 Å². The SMILES string of the molecule is Cc1ccc(OCc2ccc(C(=O)N3CCCCC3)cc2C)c(-c2csc(N3C[C@@H]4[C@H](C3)[C@@H]4C(=O)O)n2)c1. The number of ether oxygens (including phenoxy) is 1. The molecule has 2 saturated heterocycles. The summed E-state index contributed by atoms with van der Waals surface area (Å²) in [6.45, 7) is 7.72. The number of hydrogen-bond acceptors (Lipinski definition) is 6. The van der Waals surface area contributed by atoms with E-state index in [0.29, 0.717) is 6.61 Å². The third kappa shape index (κ3) is 4.77. The molecule has 3 aliphatic rings. The van der Waals surface area contributed by atoms with Crippen LogP contribution in [0.25, 0.3) is 11.3 Å². The Kier molecular flexibility index (Phi) is 6.60. The normalized spacial score (nSPS) is 22.3. The lowest BCUT2D eigenvalue weighted by Gasteiger charge is -2.27. The van der Waals surface area contributed by atoms with Gasteiger partial charge < -0.3 is 19.6 Å². The molecule has 1 aromatic heterocycles. The lowest BCUT2D eigenvalue weighted by atomic mass is 10.0. The number of carbonyl (C=O) groups is 2. The first-order valence-corrected chi connectivity index (χ1v) is 14.3. The van der Waals surface area contributed by atoms with Crippen LogP contribution in [0.5, 0.6) is 5.75 Å². The molecule has 198 valence electrons. The molecule has 8 heteroatoms. The van der Waals surface area contributed by atoms with E-state index < -0.39 is 5.97 Å². The summed E-state index contributed by atoms with van der Waals surface area (Å²) < 4.78 is 6.32. The largest absolute Gasteiger partial charge is 0.488 e. The highest BCUT2D eigenvalue weighted by molar-refractivity contribution is 7.14. The second kappa shape index (κ2) is 10.1. The quantitative estimate of drug-likeness (QED) is 0.440. The summed E-state index contributed by atoms with van der Waals surface area (Å²) in [6.07, 6.45) is 3.37. The number of aliphatic carboxylic acids is 1. The van der Waals surface area contributed by atoms with Gasteiger partial charge in [0.1, 0.15) is 12.4 Å². The summed E-state index contributed by atoms with van der Waals surface area (Å²) in [4.78, 5) is 33.3. The van der Waals surface area contributed by atoms with Crippen molar-refractivity contribution in [3.05, 3.63) is 64.0 Å². The summed E-state index contributed by atoms with van der Waals surface area (Å²) in [7, 11) is 0. The van der Waals surface area contributed by atoms with Crippen LogP contribution in [0.15, 0.2) is 41.8 Å². The Labute approximate surface area is 227 Å². The van der Waals surface area contributed by atoms with E-state index in [2.05, 4.69) is 23.3 Å². The van der Waals surface area contributed by atoms with Crippen LogP contribution >= 0.6 is 11.3 Å². The fraction of sp³-hybridized carbons (Fsp3) is 0.433. The molecule has 2 aliphatic heterocycles. The predicted molar refractivity (Wildman–Crippen MR) is 148 cm³/mol. The van der Waals surface area contributed by atoms with Crippen molar-refractivity contribution >= 4 is 28.3 Å². The summed E-state index contributed by atoms with van der Waals surface area (Å²) in [5.74, 6) is 0.553. The monoisotopic (exact) mass is 531 g/mol. The van der Waals surface area contributed by atoms with Gasteiger partial charge in [-0.2, -0.15) is 0 Å². The van der Waals surface area contributed by atoms with Crippen molar-refractivity contribution < 1.29 is 19.4 Å². The number of carbonyl (C=O) groups excluding carboxylic acids is 1. The second-order valence-corrected chi connectivity index (χ2v) is 11.7. The van der Waals surface area contributed by atoms with Gasteiger partial charge in [0.25, 0.3) is 5.91 Å². The third-order valence-electron chi connectivity index (χ3n) is 8.27. The average Bonchev–Trinajstić information content (AvgIpc) is 3.23. The number of rotatable bonds is 7. The topological polar surface area (TPSA) is 83.0 Å². The lowest BCUT2D eigenvalue weighted by molar-refractivity contribution is -0.139. The highest BCUT2D eigenvalue weighted by Crippen LogP contribution is 2.53. The van der Waals surface area contributed by atoms with Crippen LogP contribution in [0.2, 0.25) is 0 Å². The first kappa shape index (κ1) is 24.9. The molecule has 1 saturated carbocycles. The molecule has 0 unspecified atom stereocenters. The van der Waals surface area contributed by atoms with E-state index in [0.717, 1.165) is 83.4 Å². The molecule has 3 heterocycles. The number of anilines is 1. The predicted octanol–water partition coefficient (Wildman–Crippen LogP) is 5.40. The van der Waals surface area contributed by atoms with Gasteiger partial charge in [0.2, 0.25) is 0 Å². The number of nitrogens with zero attached hydrogens (tertiary/aromatic N) is 3. The number of likely N-dealkylation sites (tertiary alicyclic amines) is 1. The van der Waals surface area contributed by atoms with Gasteiger partial charge in [-0.1, -0.05) is 17.7 Å². The van der Waals surface area contributed by atoms with Gasteiger partial charge in [-0.3, -0.25) is 9.59 Å². The Morgan fingerprint density at radius 2 is 1.82 bits per heavy atom. The van der Waals surface area contributed by atoms with E-state index in [-0.39, 0.29) is 23.7 Å². The zero-order valence-electron chi connectivity index (χ0n) is 21.9. The minimum atomic E-state index is -0.667. The standard InChI is InChI=1S/C30H33N3O4S/c1-18-6-9-26(37-16-21-8-7-20(13-19(21)2)28(34)32-10-4-3-5-11-32)22(12-18)25-17-38-30(31-25)33-14-23-24(15-33)27(23)29(35)36/h6-9,12-13,17,23-24,27H,3-5,10-11,14-16H2,1-2H3,(H,35,36)/t23-,24+,27-. The van der Waals surface area contributed by atoms with Crippen LogP contribution in [0.4, 0.5) is 5.13 Å². The van der Waals surface area contributed by atoms with Crippen molar-refractivity contribution in [3.8, 4) is 17.0 Å². The number of aryl methyl sites for hydroxylation is 2. The Morgan fingerprint density at radius 3 is 2.53 bits per heavy atom. The fourth-order valence-electron chi connectivity index (χ4n) is 5.98. The Bertz CT molecular complexity index is 1370. The van der Waals surface area contributed by atoms with Crippen molar-refractivity contribution in [2.75, 3.05) is 31.1 Å². The molecular formula is C30H33N3O4S. The summed E-state index contributed by atoms with van der Waals surface area (Å²) in [6, 6.07) is 12.0.